The van der Waals surface area contributed by atoms with Gasteiger partial charge in [0.2, 0.25) is 0 Å². The number of nitrogens with zero attached hydrogens (tertiary/aromatic N) is 2. The van der Waals surface area contributed by atoms with Gasteiger partial charge in [0, 0.05) is 20.1 Å². The van der Waals surface area contributed by atoms with Crippen molar-refractivity contribution in [2.45, 2.75) is 19.4 Å². The molecule has 28 heavy (non-hydrogen) atoms. The number of ether oxygens (including phenoxy) is 2. The zero-order chi connectivity index (χ0) is 19.9. The molecule has 0 saturated heterocycles. The first-order valence-corrected chi connectivity index (χ1v) is 9.19. The summed E-state index contributed by atoms with van der Waals surface area (Å²) >= 11 is 0. The van der Waals surface area contributed by atoms with Crippen LogP contribution in [0, 0.1) is 0 Å². The molecule has 3 aromatic rings. The number of carboxylic acid groups (broad SMARTS) is 1. The summed E-state index contributed by atoms with van der Waals surface area (Å²) in [5, 5.41) is 9.16. The molecule has 0 aliphatic rings. The average Bonchev–Trinajstić information content (AvgIpc) is 3.13. The molecule has 0 radical (unpaired) electrons. The highest BCUT2D eigenvalue weighted by Crippen LogP contribution is 2.20. The molecule has 7 heteroatoms. The summed E-state index contributed by atoms with van der Waals surface area (Å²) in [5.74, 6) is -0.234. The van der Waals surface area contributed by atoms with Gasteiger partial charge in [-0.2, -0.15) is 4.98 Å². The largest absolute Gasteiger partial charge is 0.492 e. The minimum atomic E-state index is -0.954. The molecule has 0 saturated carbocycles. The predicted molar refractivity (Wildman–Crippen MR) is 106 cm³/mol. The topological polar surface area (TPSA) is 85.0 Å². The molecular formula is C21H24N2O5. The minimum absolute atomic E-state index is 0.323. The van der Waals surface area contributed by atoms with Crippen LogP contribution in [-0.4, -0.2) is 49.0 Å². The van der Waals surface area contributed by atoms with Crippen molar-refractivity contribution in [1.29, 1.82) is 0 Å². The molecule has 1 heterocycles. The van der Waals surface area contributed by atoms with Crippen molar-refractivity contribution >= 4 is 23.1 Å². The van der Waals surface area contributed by atoms with Crippen LogP contribution in [0.15, 0.2) is 52.9 Å². The lowest BCUT2D eigenvalue weighted by Gasteiger charge is -2.15. The number of oxazole rings is 1. The number of anilines is 1. The van der Waals surface area contributed by atoms with Gasteiger partial charge >= 0.3 is 5.97 Å². The number of aromatic nitrogens is 1. The summed E-state index contributed by atoms with van der Waals surface area (Å²) in [6.45, 7) is 3.22. The van der Waals surface area contributed by atoms with Gasteiger partial charge in [-0.05, 0) is 36.8 Å². The second kappa shape index (κ2) is 9.23. The second-order valence-electron chi connectivity index (χ2n) is 6.36. The molecule has 3 rings (SSSR count). The third kappa shape index (κ3) is 5.01. The summed E-state index contributed by atoms with van der Waals surface area (Å²) < 4.78 is 16.7. The van der Waals surface area contributed by atoms with Crippen molar-refractivity contribution in [1.82, 2.24) is 4.98 Å². The first-order valence-electron chi connectivity index (χ1n) is 9.19. The first-order chi connectivity index (χ1) is 13.6. The van der Waals surface area contributed by atoms with Crippen LogP contribution in [0.1, 0.15) is 12.5 Å². The van der Waals surface area contributed by atoms with Crippen LogP contribution in [0.4, 0.5) is 6.01 Å². The van der Waals surface area contributed by atoms with Gasteiger partial charge in [0.25, 0.3) is 6.01 Å². The van der Waals surface area contributed by atoms with Crippen LogP contribution < -0.4 is 9.64 Å². The first kappa shape index (κ1) is 19.7. The summed E-state index contributed by atoms with van der Waals surface area (Å²) in [6.07, 6.45) is -0.508. The highest BCUT2D eigenvalue weighted by atomic mass is 16.5. The normalized spacial score (nSPS) is 12.1. The maximum Gasteiger partial charge on any atom is 0.333 e. The number of para-hydroxylation sites is 2. The number of fused-ring (bicyclic) bond motifs is 1. The molecule has 0 aliphatic heterocycles. The lowest BCUT2D eigenvalue weighted by atomic mass is 10.1. The predicted octanol–water partition coefficient (Wildman–Crippen LogP) is 3.38. The fraction of sp³-hybridized carbons (Fsp3) is 0.333. The Kier molecular flexibility index (Phi) is 6.49. The fourth-order valence-corrected chi connectivity index (χ4v) is 2.77. The second-order valence-corrected chi connectivity index (χ2v) is 6.36. The standard InChI is InChI=1S/C21H24N2O5/c1-3-26-19(20(24)25)14-15-8-10-16(11-9-15)27-13-12-23(2)21-22-17-6-4-5-7-18(17)28-21/h4-11,19H,3,12-14H2,1-2H3,(H,24,25). The van der Waals surface area contributed by atoms with Crippen LogP contribution in [0.2, 0.25) is 0 Å². The quantitative estimate of drug-likeness (QED) is 0.573. The van der Waals surface area contributed by atoms with Crippen molar-refractivity contribution in [3.05, 3.63) is 54.1 Å². The van der Waals surface area contributed by atoms with E-state index in [1.807, 2.05) is 60.5 Å². The summed E-state index contributed by atoms with van der Waals surface area (Å²) in [4.78, 5) is 17.5. The molecule has 0 bridgehead atoms. The van der Waals surface area contributed by atoms with Crippen LogP contribution in [0.5, 0.6) is 5.75 Å². The molecule has 1 unspecified atom stereocenters. The Morgan fingerprint density at radius 2 is 1.96 bits per heavy atom. The molecule has 148 valence electrons. The maximum atomic E-state index is 11.2. The zero-order valence-electron chi connectivity index (χ0n) is 16.0. The molecule has 0 aliphatic carbocycles. The van der Waals surface area contributed by atoms with Gasteiger partial charge in [-0.15, -0.1) is 0 Å². The van der Waals surface area contributed by atoms with Crippen LogP contribution in [0.25, 0.3) is 11.1 Å². The van der Waals surface area contributed by atoms with E-state index in [0.717, 1.165) is 22.4 Å². The van der Waals surface area contributed by atoms with Gasteiger partial charge in [0.05, 0.1) is 6.54 Å². The number of hydrogen-bond donors (Lipinski definition) is 1. The van der Waals surface area contributed by atoms with Crippen LogP contribution in [-0.2, 0) is 16.0 Å². The van der Waals surface area contributed by atoms with E-state index in [9.17, 15) is 4.79 Å². The molecule has 1 aromatic heterocycles. The number of hydrogen-bond acceptors (Lipinski definition) is 6. The van der Waals surface area contributed by atoms with E-state index in [-0.39, 0.29) is 0 Å². The van der Waals surface area contributed by atoms with E-state index >= 15 is 0 Å². The molecule has 1 atom stereocenters. The monoisotopic (exact) mass is 384 g/mol. The fourth-order valence-electron chi connectivity index (χ4n) is 2.77. The van der Waals surface area contributed by atoms with Crippen LogP contribution >= 0.6 is 0 Å². The molecular weight excluding hydrogens is 360 g/mol. The summed E-state index contributed by atoms with van der Waals surface area (Å²) in [7, 11) is 1.90. The summed E-state index contributed by atoms with van der Waals surface area (Å²) in [6, 6.07) is 15.6. The zero-order valence-corrected chi connectivity index (χ0v) is 16.0. The highest BCUT2D eigenvalue weighted by Gasteiger charge is 2.17. The Morgan fingerprint density at radius 3 is 2.64 bits per heavy atom. The Bertz CT molecular complexity index is 874. The van der Waals surface area contributed by atoms with Gasteiger partial charge in [0.15, 0.2) is 11.7 Å². The lowest BCUT2D eigenvalue weighted by Crippen LogP contribution is -2.26. The Labute approximate surface area is 163 Å². The minimum Gasteiger partial charge on any atom is -0.492 e. The number of likely N-dealkylation sites (N-methyl/N-ethyl adjacent to an activating group) is 1. The number of rotatable bonds is 10. The Balaban J connectivity index is 1.49. The van der Waals surface area contributed by atoms with E-state index in [1.165, 1.54) is 0 Å². The molecule has 0 amide bonds. The lowest BCUT2D eigenvalue weighted by molar-refractivity contribution is -0.149. The van der Waals surface area contributed by atoms with E-state index in [0.29, 0.717) is 32.2 Å². The molecule has 2 aromatic carbocycles. The van der Waals surface area contributed by atoms with E-state index < -0.39 is 12.1 Å². The van der Waals surface area contributed by atoms with Crippen molar-refractivity contribution in [2.24, 2.45) is 0 Å². The van der Waals surface area contributed by atoms with Gasteiger partial charge in [-0.3, -0.25) is 0 Å². The van der Waals surface area contributed by atoms with Crippen molar-refractivity contribution in [3.8, 4) is 5.75 Å². The van der Waals surface area contributed by atoms with Gasteiger partial charge in [0.1, 0.15) is 17.9 Å². The van der Waals surface area contributed by atoms with Crippen molar-refractivity contribution in [3.63, 3.8) is 0 Å². The Morgan fingerprint density at radius 1 is 1.21 bits per heavy atom. The number of carbonyl (C=O) groups is 1. The van der Waals surface area contributed by atoms with Gasteiger partial charge in [-0.1, -0.05) is 24.3 Å². The van der Waals surface area contributed by atoms with E-state index in [4.69, 9.17) is 19.0 Å². The van der Waals surface area contributed by atoms with E-state index in [1.54, 1.807) is 6.92 Å². The maximum absolute atomic E-state index is 11.2. The van der Waals surface area contributed by atoms with Crippen molar-refractivity contribution < 1.29 is 23.8 Å². The van der Waals surface area contributed by atoms with Crippen molar-refractivity contribution in [2.75, 3.05) is 31.7 Å². The van der Waals surface area contributed by atoms with Crippen LogP contribution in [0.3, 0.4) is 0 Å². The number of aliphatic carboxylic acids is 1. The van der Waals surface area contributed by atoms with Gasteiger partial charge in [-0.25, -0.2) is 4.79 Å². The third-order valence-electron chi connectivity index (χ3n) is 4.29. The highest BCUT2D eigenvalue weighted by molar-refractivity contribution is 5.74. The smallest absolute Gasteiger partial charge is 0.333 e. The number of carboxylic acids is 1. The SMILES string of the molecule is CCOC(Cc1ccc(OCCN(C)c2nc3ccccc3o2)cc1)C(=O)O. The number of benzene rings is 2. The van der Waals surface area contributed by atoms with E-state index in [2.05, 4.69) is 4.98 Å². The van der Waals surface area contributed by atoms with Gasteiger partial charge < -0.3 is 23.9 Å². The molecule has 0 fully saturated rings. The average molecular weight is 384 g/mol. The molecule has 1 N–H and O–H groups in total. The molecule has 7 nitrogen and oxygen atoms in total. The Hall–Kier alpha value is -3.06. The molecule has 0 spiro atoms. The third-order valence-corrected chi connectivity index (χ3v) is 4.29. The summed E-state index contributed by atoms with van der Waals surface area (Å²) in [5.41, 5.74) is 2.47.